The van der Waals surface area contributed by atoms with Crippen LogP contribution in [0.15, 0.2) is 48.7 Å². The van der Waals surface area contributed by atoms with Crippen molar-refractivity contribution in [1.29, 1.82) is 0 Å². The Kier molecular flexibility index (Phi) is 5.76. The lowest BCUT2D eigenvalue weighted by molar-refractivity contribution is -0.138. The van der Waals surface area contributed by atoms with Crippen LogP contribution in [0.1, 0.15) is 30.5 Å². The molecule has 0 aliphatic heterocycles. The molecule has 1 fully saturated rings. The molecule has 4 nitrogen and oxygen atoms in total. The molecule has 3 rings (SSSR count). The molecule has 2 unspecified atom stereocenters. The molecule has 1 amide bonds. The molecule has 0 spiro atoms. The van der Waals surface area contributed by atoms with E-state index in [-0.39, 0.29) is 17.6 Å². The van der Waals surface area contributed by atoms with E-state index < -0.39 is 6.10 Å². The van der Waals surface area contributed by atoms with Crippen LogP contribution in [-0.4, -0.2) is 33.5 Å². The standard InChI is InChI=1S/C20H23FN2O2/c21-16-9-7-15(8-10-16)14-23(13-11-17-4-1-2-12-22-17)20(25)18-5-3-6-19(18)24/h1-2,4,7-10,12,18-19,24H,3,5-6,11,13-14H2. The summed E-state index contributed by atoms with van der Waals surface area (Å²) in [6, 6.07) is 11.9. The molecule has 1 aromatic carbocycles. The summed E-state index contributed by atoms with van der Waals surface area (Å²) in [6.45, 7) is 0.936. The molecule has 0 saturated heterocycles. The minimum atomic E-state index is -0.557. The Balaban J connectivity index is 1.72. The van der Waals surface area contributed by atoms with Crippen LogP contribution >= 0.6 is 0 Å². The highest BCUT2D eigenvalue weighted by Crippen LogP contribution is 2.28. The third kappa shape index (κ3) is 4.63. The number of benzene rings is 1. The van der Waals surface area contributed by atoms with Gasteiger partial charge in [-0.15, -0.1) is 0 Å². The van der Waals surface area contributed by atoms with E-state index >= 15 is 0 Å². The van der Waals surface area contributed by atoms with Gasteiger partial charge >= 0.3 is 0 Å². The lowest BCUT2D eigenvalue weighted by Gasteiger charge is -2.27. The molecular weight excluding hydrogens is 319 g/mol. The van der Waals surface area contributed by atoms with Gasteiger partial charge in [0.05, 0.1) is 12.0 Å². The molecule has 25 heavy (non-hydrogen) atoms. The highest BCUT2D eigenvalue weighted by molar-refractivity contribution is 5.79. The predicted octanol–water partition coefficient (Wildman–Crippen LogP) is 2.95. The molecule has 5 heteroatoms. The quantitative estimate of drug-likeness (QED) is 0.878. The van der Waals surface area contributed by atoms with Crippen molar-refractivity contribution in [1.82, 2.24) is 9.88 Å². The van der Waals surface area contributed by atoms with Gasteiger partial charge in [-0.3, -0.25) is 9.78 Å². The van der Waals surface area contributed by atoms with Crippen LogP contribution in [-0.2, 0) is 17.8 Å². The topological polar surface area (TPSA) is 53.4 Å². The van der Waals surface area contributed by atoms with Crippen molar-refractivity contribution >= 4 is 5.91 Å². The largest absolute Gasteiger partial charge is 0.392 e. The molecule has 1 saturated carbocycles. The minimum Gasteiger partial charge on any atom is -0.392 e. The number of amides is 1. The van der Waals surface area contributed by atoms with Crippen LogP contribution in [0.3, 0.4) is 0 Å². The monoisotopic (exact) mass is 342 g/mol. The van der Waals surface area contributed by atoms with Crippen molar-refractivity contribution in [2.24, 2.45) is 5.92 Å². The van der Waals surface area contributed by atoms with Gasteiger partial charge in [0.25, 0.3) is 0 Å². The average Bonchev–Trinajstić information content (AvgIpc) is 3.06. The number of hydrogen-bond acceptors (Lipinski definition) is 3. The van der Waals surface area contributed by atoms with Crippen molar-refractivity contribution in [2.75, 3.05) is 6.54 Å². The minimum absolute atomic E-state index is 0.0229. The summed E-state index contributed by atoms with van der Waals surface area (Å²) < 4.78 is 13.1. The fourth-order valence-electron chi connectivity index (χ4n) is 3.34. The summed E-state index contributed by atoms with van der Waals surface area (Å²) in [6.07, 6.45) is 4.11. The molecule has 2 atom stereocenters. The first-order chi connectivity index (χ1) is 12.1. The van der Waals surface area contributed by atoms with E-state index in [2.05, 4.69) is 4.98 Å². The van der Waals surface area contributed by atoms with Gasteiger partial charge in [-0.2, -0.15) is 0 Å². The Bertz CT molecular complexity index is 691. The second-order valence-corrected chi connectivity index (χ2v) is 6.56. The van der Waals surface area contributed by atoms with Gasteiger partial charge < -0.3 is 10.0 Å². The number of hydrogen-bond donors (Lipinski definition) is 1. The van der Waals surface area contributed by atoms with Crippen LogP contribution in [0, 0.1) is 11.7 Å². The zero-order chi connectivity index (χ0) is 17.6. The molecule has 1 N–H and O–H groups in total. The first-order valence-corrected chi connectivity index (χ1v) is 8.74. The van der Waals surface area contributed by atoms with Gasteiger partial charge in [-0.1, -0.05) is 18.2 Å². The Morgan fingerprint density at radius 3 is 2.64 bits per heavy atom. The number of carbonyl (C=O) groups is 1. The van der Waals surface area contributed by atoms with Crippen molar-refractivity contribution in [3.8, 4) is 0 Å². The Morgan fingerprint density at radius 2 is 2.00 bits per heavy atom. The van der Waals surface area contributed by atoms with Crippen LogP contribution in [0.2, 0.25) is 0 Å². The predicted molar refractivity (Wildman–Crippen MR) is 93.1 cm³/mol. The number of aromatic nitrogens is 1. The van der Waals surface area contributed by atoms with E-state index in [1.165, 1.54) is 12.1 Å². The van der Waals surface area contributed by atoms with E-state index in [1.807, 2.05) is 18.2 Å². The van der Waals surface area contributed by atoms with Gasteiger partial charge in [-0.25, -0.2) is 4.39 Å². The van der Waals surface area contributed by atoms with Crippen LogP contribution in [0.25, 0.3) is 0 Å². The summed E-state index contributed by atoms with van der Waals surface area (Å²) >= 11 is 0. The van der Waals surface area contributed by atoms with Crippen LogP contribution < -0.4 is 0 Å². The smallest absolute Gasteiger partial charge is 0.228 e. The number of rotatable bonds is 6. The maximum atomic E-state index is 13.1. The van der Waals surface area contributed by atoms with E-state index in [0.717, 1.165) is 24.1 Å². The number of aliphatic hydroxyl groups is 1. The SMILES string of the molecule is O=C(C1CCCC1O)N(CCc1ccccn1)Cc1ccc(F)cc1. The molecule has 2 aromatic rings. The maximum Gasteiger partial charge on any atom is 0.228 e. The van der Waals surface area contributed by atoms with Gasteiger partial charge in [0.15, 0.2) is 0 Å². The summed E-state index contributed by atoms with van der Waals surface area (Å²) in [5.41, 5.74) is 1.80. The Hall–Kier alpha value is -2.27. The summed E-state index contributed by atoms with van der Waals surface area (Å²) in [4.78, 5) is 19.0. The number of nitrogens with zero attached hydrogens (tertiary/aromatic N) is 2. The molecular formula is C20H23FN2O2. The third-order valence-electron chi connectivity index (χ3n) is 4.76. The Morgan fingerprint density at radius 1 is 1.20 bits per heavy atom. The summed E-state index contributed by atoms with van der Waals surface area (Å²) in [5.74, 6) is -0.643. The second-order valence-electron chi connectivity index (χ2n) is 6.56. The number of halogens is 1. The molecule has 1 aliphatic rings. The normalized spacial score (nSPS) is 19.8. The van der Waals surface area contributed by atoms with Gasteiger partial charge in [-0.05, 0) is 49.1 Å². The van der Waals surface area contributed by atoms with Crippen LogP contribution in [0.4, 0.5) is 4.39 Å². The summed E-state index contributed by atoms with van der Waals surface area (Å²) in [7, 11) is 0. The fraction of sp³-hybridized carbons (Fsp3) is 0.400. The van der Waals surface area contributed by atoms with Gasteiger partial charge in [0.2, 0.25) is 5.91 Å². The van der Waals surface area contributed by atoms with Crippen molar-refractivity contribution in [3.63, 3.8) is 0 Å². The zero-order valence-electron chi connectivity index (χ0n) is 14.1. The van der Waals surface area contributed by atoms with Gasteiger partial charge in [0.1, 0.15) is 5.82 Å². The van der Waals surface area contributed by atoms with Crippen molar-refractivity contribution in [3.05, 3.63) is 65.7 Å². The number of carbonyl (C=O) groups excluding carboxylic acids is 1. The highest BCUT2D eigenvalue weighted by atomic mass is 19.1. The van der Waals surface area contributed by atoms with Crippen molar-refractivity contribution in [2.45, 2.75) is 38.3 Å². The number of pyridine rings is 1. The van der Waals surface area contributed by atoms with Gasteiger partial charge in [0, 0.05) is 31.4 Å². The summed E-state index contributed by atoms with van der Waals surface area (Å²) in [5, 5.41) is 10.1. The second kappa shape index (κ2) is 8.21. The van der Waals surface area contributed by atoms with E-state index in [0.29, 0.717) is 25.9 Å². The molecule has 0 radical (unpaired) electrons. The molecule has 1 aliphatic carbocycles. The van der Waals surface area contributed by atoms with E-state index in [9.17, 15) is 14.3 Å². The molecule has 1 heterocycles. The zero-order valence-corrected chi connectivity index (χ0v) is 14.1. The lowest BCUT2D eigenvalue weighted by Crippen LogP contribution is -2.39. The lowest BCUT2D eigenvalue weighted by atomic mass is 10.0. The van der Waals surface area contributed by atoms with Crippen molar-refractivity contribution < 1.29 is 14.3 Å². The maximum absolute atomic E-state index is 13.1. The number of aliphatic hydroxyl groups excluding tert-OH is 1. The highest BCUT2D eigenvalue weighted by Gasteiger charge is 2.34. The first-order valence-electron chi connectivity index (χ1n) is 8.74. The first kappa shape index (κ1) is 17.5. The van der Waals surface area contributed by atoms with Crippen LogP contribution in [0.5, 0.6) is 0 Å². The third-order valence-corrected chi connectivity index (χ3v) is 4.76. The average molecular weight is 342 g/mol. The van der Waals surface area contributed by atoms with E-state index in [4.69, 9.17) is 0 Å². The molecule has 132 valence electrons. The Labute approximate surface area is 147 Å². The molecule has 0 bridgehead atoms. The fourth-order valence-corrected chi connectivity index (χ4v) is 3.34. The molecule has 1 aromatic heterocycles. The van der Waals surface area contributed by atoms with E-state index in [1.54, 1.807) is 23.2 Å².